The highest BCUT2D eigenvalue weighted by Crippen LogP contribution is 2.50. The number of hydrogen-bond acceptors (Lipinski definition) is 2. The Labute approximate surface area is 507 Å². The Hall–Kier alpha value is -10.9. The third-order valence-corrected chi connectivity index (χ3v) is 18.4. The Morgan fingerprint density at radius 3 is 0.828 bits per heavy atom. The summed E-state index contributed by atoms with van der Waals surface area (Å²) in [5.41, 5.74) is 28.2. The first kappa shape index (κ1) is 50.6. The molecule has 0 N–H and O–H groups in total. The summed E-state index contributed by atoms with van der Waals surface area (Å²) in [6, 6.07) is 113. The summed E-state index contributed by atoms with van der Waals surface area (Å²) in [5, 5.41) is 4.86. The van der Waals surface area contributed by atoms with Crippen molar-refractivity contribution in [3.63, 3.8) is 0 Å². The molecule has 0 spiro atoms. The number of para-hydroxylation sites is 6. The Morgan fingerprint density at radius 1 is 0.241 bits per heavy atom. The van der Waals surface area contributed by atoms with Crippen LogP contribution in [0.25, 0.3) is 99.5 Å². The molecule has 2 aliphatic rings. The van der Waals surface area contributed by atoms with Gasteiger partial charge in [0.15, 0.2) is 0 Å². The normalized spacial score (nSPS) is 12.7. The summed E-state index contributed by atoms with van der Waals surface area (Å²) in [6.07, 6.45) is 0. The Bertz CT molecular complexity index is 4700. The van der Waals surface area contributed by atoms with Gasteiger partial charge in [-0.05, 0) is 169 Å². The average Bonchev–Trinajstić information content (AvgIpc) is 1.07. The lowest BCUT2D eigenvalue weighted by atomic mass is 9.33. The summed E-state index contributed by atoms with van der Waals surface area (Å²) in [6.45, 7) is 7.03. The fourth-order valence-corrected chi connectivity index (χ4v) is 14.3. The van der Waals surface area contributed by atoms with Crippen LogP contribution in [-0.2, 0) is 5.41 Å². The van der Waals surface area contributed by atoms with Crippen LogP contribution in [0.3, 0.4) is 0 Å². The lowest BCUT2D eigenvalue weighted by Crippen LogP contribution is -2.61. The van der Waals surface area contributed by atoms with Gasteiger partial charge in [0.05, 0.1) is 44.8 Å². The fourth-order valence-electron chi connectivity index (χ4n) is 14.3. The minimum atomic E-state index is -0.217. The van der Waals surface area contributed by atoms with Crippen LogP contribution in [0.1, 0.15) is 26.3 Å². The van der Waals surface area contributed by atoms with Crippen LogP contribution in [0.2, 0.25) is 0 Å². The lowest BCUT2D eigenvalue weighted by Gasteiger charge is -2.45. The van der Waals surface area contributed by atoms with E-state index < -0.39 is 0 Å². The zero-order valence-electron chi connectivity index (χ0n) is 48.7. The van der Waals surface area contributed by atoms with E-state index in [-0.39, 0.29) is 12.1 Å². The Kier molecular flexibility index (Phi) is 11.6. The Balaban J connectivity index is 0.911. The largest absolute Gasteiger partial charge is 0.309 e. The smallest absolute Gasteiger partial charge is 0.252 e. The second-order valence-electron chi connectivity index (χ2n) is 24.4. The van der Waals surface area contributed by atoms with Crippen molar-refractivity contribution >= 4 is 101 Å². The van der Waals surface area contributed by atoms with Gasteiger partial charge >= 0.3 is 0 Å². The fraction of sp³-hybridized carbons (Fsp3) is 0.0488. The standard InChI is InChI=1S/C82H59BN4/c1-82(2,3)62-52-79-81-80(53-62)87(78-39-23-21-37-76(78)85-71-46-42-60(56-28-12-6-13-29-56)50-65(71)66-51-61(43-47-72(66)85)57-30-14-7-15-31-57)74-35-19-17-33-68(74)83(81)67-32-16-18-34-73(67)86(79)77-38-22-20-36-75(77)84-69-44-40-58(54-24-8-4-9-25-54)48-63(69)64-49-59(41-45-70(64)84)55-26-10-5-11-27-55/h4-53H,1-3H3. The molecule has 13 aromatic carbocycles. The molecule has 0 unspecified atom stereocenters. The Morgan fingerprint density at radius 2 is 0.517 bits per heavy atom. The number of aromatic nitrogens is 2. The molecule has 17 rings (SSSR count). The molecule has 0 aliphatic carbocycles. The van der Waals surface area contributed by atoms with Crippen LogP contribution in [-0.4, -0.2) is 15.8 Å². The maximum Gasteiger partial charge on any atom is 0.252 e. The molecule has 15 aromatic rings. The van der Waals surface area contributed by atoms with Crippen LogP contribution in [0.15, 0.2) is 303 Å². The van der Waals surface area contributed by atoms with Crippen molar-refractivity contribution in [2.75, 3.05) is 9.80 Å². The van der Waals surface area contributed by atoms with Gasteiger partial charge < -0.3 is 18.9 Å². The van der Waals surface area contributed by atoms with Gasteiger partial charge in [-0.25, -0.2) is 0 Å². The third kappa shape index (κ3) is 8.07. The van der Waals surface area contributed by atoms with Gasteiger partial charge in [-0.3, -0.25) is 0 Å². The lowest BCUT2D eigenvalue weighted by molar-refractivity contribution is 0.590. The molecule has 0 amide bonds. The van der Waals surface area contributed by atoms with Crippen LogP contribution in [0.4, 0.5) is 34.1 Å². The van der Waals surface area contributed by atoms with Gasteiger partial charge in [0, 0.05) is 44.3 Å². The predicted octanol–water partition coefficient (Wildman–Crippen LogP) is 19.9. The van der Waals surface area contributed by atoms with Crippen LogP contribution in [0.5, 0.6) is 0 Å². The van der Waals surface area contributed by atoms with Crippen molar-refractivity contribution < 1.29 is 0 Å². The van der Waals surface area contributed by atoms with Crippen LogP contribution < -0.4 is 26.2 Å². The number of nitrogens with zero attached hydrogens (tertiary/aromatic N) is 4. The number of benzene rings is 13. The number of hydrogen-bond donors (Lipinski definition) is 0. The monoisotopic (exact) mass is 1110 g/mol. The van der Waals surface area contributed by atoms with Crippen LogP contribution >= 0.6 is 0 Å². The van der Waals surface area contributed by atoms with Crippen molar-refractivity contribution in [2.24, 2.45) is 0 Å². The van der Waals surface area contributed by atoms with Crippen molar-refractivity contribution in [1.82, 2.24) is 9.13 Å². The highest BCUT2D eigenvalue weighted by Gasteiger charge is 2.45. The molecule has 0 bridgehead atoms. The molecule has 0 atom stereocenters. The minimum absolute atomic E-state index is 0.0506. The minimum Gasteiger partial charge on any atom is -0.309 e. The number of rotatable bonds is 8. The molecule has 0 fully saturated rings. The van der Waals surface area contributed by atoms with Gasteiger partial charge in [0.1, 0.15) is 0 Å². The molecule has 2 aromatic heterocycles. The third-order valence-electron chi connectivity index (χ3n) is 18.4. The number of anilines is 6. The molecule has 410 valence electrons. The van der Waals surface area contributed by atoms with E-state index in [0.717, 1.165) is 44.8 Å². The molecular formula is C82H59BN4. The highest BCUT2D eigenvalue weighted by atomic mass is 15.2. The van der Waals surface area contributed by atoms with E-state index in [1.165, 1.54) is 111 Å². The van der Waals surface area contributed by atoms with E-state index in [2.05, 4.69) is 343 Å². The molecule has 87 heavy (non-hydrogen) atoms. The van der Waals surface area contributed by atoms with Gasteiger partial charge in [-0.1, -0.05) is 227 Å². The van der Waals surface area contributed by atoms with Crippen molar-refractivity contribution in [3.8, 4) is 55.9 Å². The van der Waals surface area contributed by atoms with Gasteiger partial charge in [0.25, 0.3) is 6.71 Å². The van der Waals surface area contributed by atoms with Gasteiger partial charge in [-0.15, -0.1) is 0 Å². The molecule has 0 radical (unpaired) electrons. The first-order valence-electron chi connectivity index (χ1n) is 30.4. The summed E-state index contributed by atoms with van der Waals surface area (Å²) < 4.78 is 5.04. The maximum atomic E-state index is 2.60. The van der Waals surface area contributed by atoms with Crippen molar-refractivity contribution in [3.05, 3.63) is 309 Å². The second-order valence-corrected chi connectivity index (χ2v) is 24.4. The van der Waals surface area contributed by atoms with E-state index in [4.69, 9.17) is 0 Å². The summed E-state index contributed by atoms with van der Waals surface area (Å²) in [7, 11) is 0. The van der Waals surface area contributed by atoms with E-state index >= 15 is 0 Å². The summed E-state index contributed by atoms with van der Waals surface area (Å²) >= 11 is 0. The average molecular weight is 1110 g/mol. The summed E-state index contributed by atoms with van der Waals surface area (Å²) in [4.78, 5) is 5.20. The molecular weight excluding hydrogens is 1050 g/mol. The quantitative estimate of drug-likeness (QED) is 0.141. The van der Waals surface area contributed by atoms with E-state index in [9.17, 15) is 0 Å². The molecule has 4 nitrogen and oxygen atoms in total. The van der Waals surface area contributed by atoms with E-state index in [1.54, 1.807) is 0 Å². The van der Waals surface area contributed by atoms with Gasteiger partial charge in [0.2, 0.25) is 0 Å². The van der Waals surface area contributed by atoms with E-state index in [0.29, 0.717) is 0 Å². The molecule has 0 saturated carbocycles. The molecule has 4 heterocycles. The molecule has 2 aliphatic heterocycles. The second kappa shape index (κ2) is 19.9. The first-order chi connectivity index (χ1) is 42.8. The van der Waals surface area contributed by atoms with Crippen molar-refractivity contribution in [2.45, 2.75) is 26.2 Å². The number of fused-ring (bicyclic) bond motifs is 10. The predicted molar refractivity (Wildman–Crippen MR) is 370 cm³/mol. The first-order valence-corrected chi connectivity index (χ1v) is 30.4. The highest BCUT2D eigenvalue weighted by molar-refractivity contribution is 7.00. The van der Waals surface area contributed by atoms with Crippen LogP contribution in [0, 0.1) is 0 Å². The zero-order valence-corrected chi connectivity index (χ0v) is 48.7. The van der Waals surface area contributed by atoms with Gasteiger partial charge in [-0.2, -0.15) is 0 Å². The SMILES string of the molecule is CC(C)(C)c1cc2c3c(c1)N(c1ccccc1-n1c4ccc(-c5ccccc5)cc4c4cc(-c5ccccc5)ccc41)c1ccccc1B3c1ccccc1N2c1ccccc1-n1c2ccc(-c3ccccc3)cc2c2cc(-c3ccccc3)ccc21. The summed E-state index contributed by atoms with van der Waals surface area (Å²) in [5.74, 6) is 0. The molecule has 0 saturated heterocycles. The topological polar surface area (TPSA) is 16.3 Å². The maximum absolute atomic E-state index is 2.60. The molecule has 5 heteroatoms. The van der Waals surface area contributed by atoms with E-state index in [1.807, 2.05) is 0 Å². The zero-order chi connectivity index (χ0) is 57.9. The van der Waals surface area contributed by atoms with Crippen molar-refractivity contribution in [1.29, 1.82) is 0 Å².